The van der Waals surface area contributed by atoms with E-state index in [1.54, 1.807) is 4.52 Å². The first-order valence-corrected chi connectivity index (χ1v) is 9.07. The zero-order chi connectivity index (χ0) is 20.4. The van der Waals surface area contributed by atoms with Crippen LogP contribution in [0.4, 0.5) is 0 Å². The Morgan fingerprint density at radius 3 is 2.56 bits per heavy atom. The number of nitrogens with two attached hydrogens (primary N) is 1. The highest BCUT2D eigenvalue weighted by Gasteiger charge is 2.20. The lowest BCUT2D eigenvalue weighted by molar-refractivity contribution is -0.121. The molecule has 2 rings (SSSR count). The average Bonchev–Trinajstić information content (AvgIpc) is 2.95. The lowest BCUT2D eigenvalue weighted by Crippen LogP contribution is -2.40. The molecule has 8 nitrogen and oxygen atoms in total. The van der Waals surface area contributed by atoms with Crippen molar-refractivity contribution in [2.75, 3.05) is 27.2 Å². The molecule has 0 unspecified atom stereocenters. The van der Waals surface area contributed by atoms with E-state index in [-0.39, 0.29) is 11.3 Å². The molecule has 0 atom stereocenters. The summed E-state index contributed by atoms with van der Waals surface area (Å²) in [6.45, 7) is 9.57. The zero-order valence-electron chi connectivity index (χ0n) is 17.1. The minimum atomic E-state index is -0.552. The van der Waals surface area contributed by atoms with E-state index in [1.165, 1.54) is 6.20 Å². The molecule has 0 fully saturated rings. The average molecular weight is 374 g/mol. The number of hydrogen-bond donors (Lipinski definition) is 2. The van der Waals surface area contributed by atoms with Gasteiger partial charge in [0.25, 0.3) is 5.91 Å². The van der Waals surface area contributed by atoms with Gasteiger partial charge >= 0.3 is 0 Å². The lowest BCUT2D eigenvalue weighted by atomic mass is 9.93. The first-order chi connectivity index (χ1) is 12.5. The van der Waals surface area contributed by atoms with Crippen LogP contribution in [0.5, 0.6) is 0 Å². The standard InChI is InChI=1S/C19H30N6O2/c1-12-14(7-8-16(26)21-10-19(3,4)11-24(5)6)13(2)25-18(23-12)15(9-22-25)17(20)27/h9H,7-8,10-11H2,1-6H3,(H2,20,27)(H,21,26). The molecule has 0 aliphatic rings. The Balaban J connectivity index is 2.06. The zero-order valence-corrected chi connectivity index (χ0v) is 17.1. The van der Waals surface area contributed by atoms with Crippen LogP contribution in [0.25, 0.3) is 5.65 Å². The second kappa shape index (κ2) is 8.04. The van der Waals surface area contributed by atoms with Crippen molar-refractivity contribution in [2.24, 2.45) is 11.1 Å². The molecule has 148 valence electrons. The number of fused-ring (bicyclic) bond motifs is 1. The number of rotatable bonds is 8. The Morgan fingerprint density at radius 2 is 1.96 bits per heavy atom. The van der Waals surface area contributed by atoms with Gasteiger partial charge in [-0.3, -0.25) is 9.59 Å². The van der Waals surface area contributed by atoms with E-state index >= 15 is 0 Å². The molecule has 0 saturated heterocycles. The van der Waals surface area contributed by atoms with Gasteiger partial charge in [0.05, 0.1) is 6.20 Å². The molecule has 2 amide bonds. The van der Waals surface area contributed by atoms with Crippen LogP contribution >= 0.6 is 0 Å². The van der Waals surface area contributed by atoms with Crippen molar-refractivity contribution in [3.63, 3.8) is 0 Å². The highest BCUT2D eigenvalue weighted by molar-refractivity contribution is 5.98. The Labute approximate surface area is 160 Å². The van der Waals surface area contributed by atoms with Gasteiger partial charge in [-0.25, -0.2) is 9.50 Å². The van der Waals surface area contributed by atoms with Crippen molar-refractivity contribution in [3.05, 3.63) is 28.7 Å². The van der Waals surface area contributed by atoms with Crippen molar-refractivity contribution in [2.45, 2.75) is 40.5 Å². The van der Waals surface area contributed by atoms with Gasteiger partial charge in [0.2, 0.25) is 5.91 Å². The van der Waals surface area contributed by atoms with Crippen LogP contribution in [-0.2, 0) is 11.2 Å². The van der Waals surface area contributed by atoms with Crippen molar-refractivity contribution < 1.29 is 9.59 Å². The maximum atomic E-state index is 12.3. The molecule has 0 bridgehead atoms. The van der Waals surface area contributed by atoms with Gasteiger partial charge in [-0.15, -0.1) is 0 Å². The summed E-state index contributed by atoms with van der Waals surface area (Å²) < 4.78 is 1.61. The highest BCUT2D eigenvalue weighted by Crippen LogP contribution is 2.19. The topological polar surface area (TPSA) is 106 Å². The number of carbonyl (C=O) groups is 2. The summed E-state index contributed by atoms with van der Waals surface area (Å²) in [6.07, 6.45) is 2.36. The normalized spacial score (nSPS) is 12.0. The maximum absolute atomic E-state index is 12.3. The Morgan fingerprint density at radius 1 is 1.30 bits per heavy atom. The summed E-state index contributed by atoms with van der Waals surface area (Å²) in [5.41, 5.74) is 8.74. The number of nitrogens with zero attached hydrogens (tertiary/aromatic N) is 4. The molecule has 27 heavy (non-hydrogen) atoms. The van der Waals surface area contributed by atoms with E-state index in [1.807, 2.05) is 27.9 Å². The van der Waals surface area contributed by atoms with Crippen LogP contribution in [-0.4, -0.2) is 58.5 Å². The monoisotopic (exact) mass is 374 g/mol. The van der Waals surface area contributed by atoms with E-state index in [2.05, 4.69) is 34.1 Å². The van der Waals surface area contributed by atoms with Gasteiger partial charge in [-0.05, 0) is 45.3 Å². The molecule has 0 saturated carbocycles. The predicted molar refractivity (Wildman–Crippen MR) is 105 cm³/mol. The Bertz CT molecular complexity index is 853. The van der Waals surface area contributed by atoms with Crippen molar-refractivity contribution in [1.29, 1.82) is 0 Å². The molecule has 0 aromatic carbocycles. The maximum Gasteiger partial charge on any atom is 0.254 e. The molecule has 3 N–H and O–H groups in total. The summed E-state index contributed by atoms with van der Waals surface area (Å²) >= 11 is 0. The molecule has 2 aromatic heterocycles. The lowest BCUT2D eigenvalue weighted by Gasteiger charge is -2.28. The molecular formula is C19H30N6O2. The fourth-order valence-corrected chi connectivity index (χ4v) is 3.42. The van der Waals surface area contributed by atoms with E-state index in [9.17, 15) is 9.59 Å². The summed E-state index contributed by atoms with van der Waals surface area (Å²) in [4.78, 5) is 30.4. The van der Waals surface area contributed by atoms with E-state index in [4.69, 9.17) is 5.73 Å². The number of hydrogen-bond acceptors (Lipinski definition) is 5. The number of aromatic nitrogens is 3. The van der Waals surface area contributed by atoms with Gasteiger partial charge in [0.1, 0.15) is 5.56 Å². The quantitative estimate of drug-likeness (QED) is 0.719. The van der Waals surface area contributed by atoms with Crippen LogP contribution in [0.1, 0.15) is 47.6 Å². The molecule has 0 aliphatic heterocycles. The third kappa shape index (κ3) is 5.03. The fourth-order valence-electron chi connectivity index (χ4n) is 3.42. The second-order valence-corrected chi connectivity index (χ2v) is 8.10. The first kappa shape index (κ1) is 20.8. The smallest absolute Gasteiger partial charge is 0.254 e. The predicted octanol–water partition coefficient (Wildman–Crippen LogP) is 1.08. The van der Waals surface area contributed by atoms with Crippen LogP contribution < -0.4 is 11.1 Å². The molecule has 0 radical (unpaired) electrons. The third-order valence-corrected chi connectivity index (χ3v) is 4.58. The van der Waals surface area contributed by atoms with Crippen molar-refractivity contribution in [1.82, 2.24) is 24.8 Å². The Hall–Kier alpha value is -2.48. The summed E-state index contributed by atoms with van der Waals surface area (Å²) in [6, 6.07) is 0. The van der Waals surface area contributed by atoms with Crippen LogP contribution in [0.2, 0.25) is 0 Å². The van der Waals surface area contributed by atoms with Gasteiger partial charge < -0.3 is 16.0 Å². The van der Waals surface area contributed by atoms with Gasteiger partial charge in [-0.1, -0.05) is 13.8 Å². The van der Waals surface area contributed by atoms with E-state index < -0.39 is 5.91 Å². The highest BCUT2D eigenvalue weighted by atomic mass is 16.1. The third-order valence-electron chi connectivity index (χ3n) is 4.58. The summed E-state index contributed by atoms with van der Waals surface area (Å²) in [7, 11) is 4.05. The molecule has 0 spiro atoms. The molecule has 0 aliphatic carbocycles. The molecule has 2 heterocycles. The van der Waals surface area contributed by atoms with Gasteiger partial charge in [0.15, 0.2) is 5.65 Å². The van der Waals surface area contributed by atoms with Crippen LogP contribution in [0, 0.1) is 19.3 Å². The van der Waals surface area contributed by atoms with Crippen molar-refractivity contribution in [3.8, 4) is 0 Å². The van der Waals surface area contributed by atoms with E-state index in [0.717, 1.165) is 23.5 Å². The van der Waals surface area contributed by atoms with Gasteiger partial charge in [0, 0.05) is 30.9 Å². The summed E-state index contributed by atoms with van der Waals surface area (Å²) in [5.74, 6) is -0.539. The van der Waals surface area contributed by atoms with Gasteiger partial charge in [-0.2, -0.15) is 5.10 Å². The number of nitrogens with one attached hydrogen (secondary N) is 1. The fraction of sp³-hybridized carbons (Fsp3) is 0.579. The molecule has 8 heteroatoms. The minimum absolute atomic E-state index is 0.00564. The molecule has 2 aromatic rings. The Kier molecular flexibility index (Phi) is 6.20. The number of carbonyl (C=O) groups excluding carboxylic acids is 2. The van der Waals surface area contributed by atoms with Crippen LogP contribution in [0.3, 0.4) is 0 Å². The summed E-state index contributed by atoms with van der Waals surface area (Å²) in [5, 5.41) is 7.24. The minimum Gasteiger partial charge on any atom is -0.365 e. The number of aryl methyl sites for hydroxylation is 2. The SMILES string of the molecule is Cc1nc2c(C(N)=O)cnn2c(C)c1CCC(=O)NCC(C)(C)CN(C)C. The van der Waals surface area contributed by atoms with Crippen molar-refractivity contribution >= 4 is 17.5 Å². The first-order valence-electron chi connectivity index (χ1n) is 9.07. The number of primary amides is 1. The van der Waals surface area contributed by atoms with E-state index in [0.29, 0.717) is 30.6 Å². The second-order valence-electron chi connectivity index (χ2n) is 8.10. The van der Waals surface area contributed by atoms with Crippen LogP contribution in [0.15, 0.2) is 6.20 Å². The molecular weight excluding hydrogens is 344 g/mol. The largest absolute Gasteiger partial charge is 0.365 e. The number of amides is 2.